The SMILES string of the molecule is O=C(CCCc1cccs1)NCc1ccccc1O. The highest BCUT2D eigenvalue weighted by Crippen LogP contribution is 2.15. The van der Waals surface area contributed by atoms with Crippen molar-refractivity contribution >= 4 is 17.2 Å². The molecule has 2 N–H and O–H groups in total. The number of para-hydroxylation sites is 1. The molecular weight excluding hydrogens is 258 g/mol. The Labute approximate surface area is 116 Å². The van der Waals surface area contributed by atoms with Gasteiger partial charge in [-0.3, -0.25) is 4.79 Å². The third-order valence-electron chi connectivity index (χ3n) is 2.87. The number of carbonyl (C=O) groups excluding carboxylic acids is 1. The average molecular weight is 275 g/mol. The molecule has 0 fully saturated rings. The number of hydrogen-bond acceptors (Lipinski definition) is 3. The van der Waals surface area contributed by atoms with E-state index in [2.05, 4.69) is 11.4 Å². The van der Waals surface area contributed by atoms with Crippen molar-refractivity contribution in [3.05, 3.63) is 52.2 Å². The van der Waals surface area contributed by atoms with Crippen LogP contribution < -0.4 is 5.32 Å². The van der Waals surface area contributed by atoms with Gasteiger partial charge in [0.1, 0.15) is 5.75 Å². The second-order valence-electron chi connectivity index (χ2n) is 4.34. The fraction of sp³-hybridized carbons (Fsp3) is 0.267. The molecule has 0 aliphatic carbocycles. The topological polar surface area (TPSA) is 49.3 Å². The molecule has 0 saturated heterocycles. The maximum Gasteiger partial charge on any atom is 0.220 e. The summed E-state index contributed by atoms with van der Waals surface area (Å²) in [6, 6.07) is 11.2. The number of hydrogen-bond donors (Lipinski definition) is 2. The van der Waals surface area contributed by atoms with Crippen LogP contribution in [0.15, 0.2) is 41.8 Å². The fourth-order valence-electron chi connectivity index (χ4n) is 1.82. The number of nitrogens with one attached hydrogen (secondary N) is 1. The van der Waals surface area contributed by atoms with Crippen LogP contribution in [-0.2, 0) is 17.8 Å². The van der Waals surface area contributed by atoms with E-state index in [1.54, 1.807) is 29.5 Å². The molecule has 1 amide bonds. The predicted octanol–water partition coefficient (Wildman–Crippen LogP) is 3.09. The van der Waals surface area contributed by atoms with E-state index in [0.717, 1.165) is 18.4 Å². The summed E-state index contributed by atoms with van der Waals surface area (Å²) < 4.78 is 0. The van der Waals surface area contributed by atoms with Crippen LogP contribution in [0.4, 0.5) is 0 Å². The summed E-state index contributed by atoms with van der Waals surface area (Å²) in [7, 11) is 0. The van der Waals surface area contributed by atoms with E-state index in [0.29, 0.717) is 13.0 Å². The van der Waals surface area contributed by atoms with E-state index in [9.17, 15) is 9.90 Å². The molecule has 0 aliphatic heterocycles. The van der Waals surface area contributed by atoms with Crippen LogP contribution in [0.5, 0.6) is 5.75 Å². The number of amides is 1. The van der Waals surface area contributed by atoms with Gasteiger partial charge in [0.05, 0.1) is 0 Å². The first-order chi connectivity index (χ1) is 9.25. The highest BCUT2D eigenvalue weighted by molar-refractivity contribution is 7.09. The zero-order valence-electron chi connectivity index (χ0n) is 10.6. The summed E-state index contributed by atoms with van der Waals surface area (Å²) in [5.41, 5.74) is 0.745. The van der Waals surface area contributed by atoms with Crippen LogP contribution >= 0.6 is 11.3 Å². The van der Waals surface area contributed by atoms with Gasteiger partial charge in [0.25, 0.3) is 0 Å². The highest BCUT2D eigenvalue weighted by atomic mass is 32.1. The molecule has 0 bridgehead atoms. The quantitative estimate of drug-likeness (QED) is 0.851. The van der Waals surface area contributed by atoms with Crippen LogP contribution in [0.25, 0.3) is 0 Å². The van der Waals surface area contributed by atoms with Crippen molar-refractivity contribution in [1.82, 2.24) is 5.32 Å². The van der Waals surface area contributed by atoms with Crippen molar-refractivity contribution in [3.8, 4) is 5.75 Å². The van der Waals surface area contributed by atoms with Crippen LogP contribution in [0.3, 0.4) is 0 Å². The minimum atomic E-state index is 0.0276. The number of rotatable bonds is 6. The number of benzene rings is 1. The standard InChI is InChI=1S/C15H17NO2S/c17-14-8-2-1-5-12(14)11-16-15(18)9-3-6-13-7-4-10-19-13/h1-2,4-5,7-8,10,17H,3,6,9,11H2,(H,16,18). The second-order valence-corrected chi connectivity index (χ2v) is 5.37. The Hall–Kier alpha value is -1.81. The smallest absolute Gasteiger partial charge is 0.220 e. The van der Waals surface area contributed by atoms with E-state index in [4.69, 9.17) is 0 Å². The van der Waals surface area contributed by atoms with Crippen molar-refractivity contribution in [2.75, 3.05) is 0 Å². The van der Waals surface area contributed by atoms with Crippen molar-refractivity contribution in [1.29, 1.82) is 0 Å². The summed E-state index contributed by atoms with van der Waals surface area (Å²) in [5.74, 6) is 0.251. The van der Waals surface area contributed by atoms with Gasteiger partial charge in [-0.1, -0.05) is 24.3 Å². The Morgan fingerprint density at radius 2 is 2.05 bits per heavy atom. The lowest BCUT2D eigenvalue weighted by Crippen LogP contribution is -2.22. The normalized spacial score (nSPS) is 10.3. The average Bonchev–Trinajstić information content (AvgIpc) is 2.91. The molecular formula is C15H17NO2S. The van der Waals surface area contributed by atoms with E-state index < -0.39 is 0 Å². The Morgan fingerprint density at radius 3 is 2.79 bits per heavy atom. The summed E-state index contributed by atoms with van der Waals surface area (Å²) in [6.45, 7) is 0.379. The van der Waals surface area contributed by atoms with Crippen molar-refractivity contribution in [2.24, 2.45) is 0 Å². The van der Waals surface area contributed by atoms with Gasteiger partial charge in [-0.2, -0.15) is 0 Å². The van der Waals surface area contributed by atoms with Gasteiger partial charge < -0.3 is 10.4 Å². The maximum absolute atomic E-state index is 11.7. The zero-order chi connectivity index (χ0) is 13.5. The van der Waals surface area contributed by atoms with Gasteiger partial charge in [0.2, 0.25) is 5.91 Å². The number of aryl methyl sites for hydroxylation is 1. The minimum Gasteiger partial charge on any atom is -0.508 e. The van der Waals surface area contributed by atoms with Gasteiger partial charge >= 0.3 is 0 Å². The van der Waals surface area contributed by atoms with Crippen molar-refractivity contribution in [2.45, 2.75) is 25.8 Å². The first-order valence-electron chi connectivity index (χ1n) is 6.31. The second kappa shape index (κ2) is 6.95. The number of aromatic hydroxyl groups is 1. The van der Waals surface area contributed by atoms with Crippen LogP contribution in [0, 0.1) is 0 Å². The lowest BCUT2D eigenvalue weighted by atomic mass is 10.2. The van der Waals surface area contributed by atoms with Crippen LogP contribution in [0.1, 0.15) is 23.3 Å². The van der Waals surface area contributed by atoms with Crippen LogP contribution in [0.2, 0.25) is 0 Å². The summed E-state index contributed by atoms with van der Waals surface area (Å²) in [6.07, 6.45) is 2.32. The molecule has 1 aromatic heterocycles. The third-order valence-corrected chi connectivity index (χ3v) is 3.81. The Kier molecular flexibility index (Phi) is 4.98. The van der Waals surface area contributed by atoms with E-state index in [-0.39, 0.29) is 11.7 Å². The predicted molar refractivity (Wildman–Crippen MR) is 77.2 cm³/mol. The number of phenols is 1. The molecule has 1 aromatic carbocycles. The molecule has 100 valence electrons. The molecule has 0 atom stereocenters. The first kappa shape index (κ1) is 13.6. The number of carbonyl (C=O) groups is 1. The van der Waals surface area contributed by atoms with E-state index in [1.807, 2.05) is 17.5 Å². The number of phenolic OH excluding ortho intramolecular Hbond substituents is 1. The van der Waals surface area contributed by atoms with Gasteiger partial charge in [-0.15, -0.1) is 11.3 Å². The molecule has 0 saturated carbocycles. The first-order valence-corrected chi connectivity index (χ1v) is 7.19. The molecule has 0 spiro atoms. The molecule has 0 unspecified atom stereocenters. The van der Waals surface area contributed by atoms with Crippen molar-refractivity contribution < 1.29 is 9.90 Å². The Balaban J connectivity index is 1.69. The van der Waals surface area contributed by atoms with Gasteiger partial charge in [0.15, 0.2) is 0 Å². The van der Waals surface area contributed by atoms with Crippen molar-refractivity contribution in [3.63, 3.8) is 0 Å². The zero-order valence-corrected chi connectivity index (χ0v) is 11.5. The largest absolute Gasteiger partial charge is 0.508 e. The molecule has 0 aliphatic rings. The molecule has 0 radical (unpaired) electrons. The monoisotopic (exact) mass is 275 g/mol. The van der Waals surface area contributed by atoms with Gasteiger partial charge in [-0.25, -0.2) is 0 Å². The lowest BCUT2D eigenvalue weighted by molar-refractivity contribution is -0.121. The summed E-state index contributed by atoms with van der Waals surface area (Å²) >= 11 is 1.72. The maximum atomic E-state index is 11.7. The van der Waals surface area contributed by atoms with E-state index in [1.165, 1.54) is 4.88 Å². The Morgan fingerprint density at radius 1 is 1.21 bits per heavy atom. The fourth-order valence-corrected chi connectivity index (χ4v) is 2.57. The molecule has 19 heavy (non-hydrogen) atoms. The Bertz CT molecular complexity index is 523. The summed E-state index contributed by atoms with van der Waals surface area (Å²) in [4.78, 5) is 13.0. The molecule has 4 heteroatoms. The summed E-state index contributed by atoms with van der Waals surface area (Å²) in [5, 5.41) is 14.4. The molecule has 2 rings (SSSR count). The molecule has 2 aromatic rings. The third kappa shape index (κ3) is 4.41. The van der Waals surface area contributed by atoms with Crippen LogP contribution in [-0.4, -0.2) is 11.0 Å². The minimum absolute atomic E-state index is 0.0276. The van der Waals surface area contributed by atoms with E-state index >= 15 is 0 Å². The number of thiophene rings is 1. The molecule has 1 heterocycles. The molecule has 3 nitrogen and oxygen atoms in total. The van der Waals surface area contributed by atoms with Gasteiger partial charge in [-0.05, 0) is 30.4 Å². The lowest BCUT2D eigenvalue weighted by Gasteiger charge is -2.06. The van der Waals surface area contributed by atoms with Gasteiger partial charge in [0, 0.05) is 23.4 Å². The highest BCUT2D eigenvalue weighted by Gasteiger charge is 2.04.